The van der Waals surface area contributed by atoms with Crippen LogP contribution in [0.5, 0.6) is 0 Å². The zero-order valence-corrected chi connectivity index (χ0v) is 15.3. The van der Waals surface area contributed by atoms with Crippen LogP contribution >= 0.6 is 11.6 Å². The Bertz CT molecular complexity index is 811. The summed E-state index contributed by atoms with van der Waals surface area (Å²) in [5.41, 5.74) is 4.09. The highest BCUT2D eigenvalue weighted by Crippen LogP contribution is 2.47. The quantitative estimate of drug-likeness (QED) is 0.823. The van der Waals surface area contributed by atoms with Gasteiger partial charge in [0.05, 0.1) is 0 Å². The number of carbonyl (C=O) groups is 1. The predicted molar refractivity (Wildman–Crippen MR) is 104 cm³/mol. The second-order valence-electron chi connectivity index (χ2n) is 7.33. The van der Waals surface area contributed by atoms with Crippen molar-refractivity contribution in [2.45, 2.75) is 51.7 Å². The van der Waals surface area contributed by atoms with Gasteiger partial charge in [0.1, 0.15) is 0 Å². The molecular formula is C20H28ClN3O. The van der Waals surface area contributed by atoms with Crippen molar-refractivity contribution in [3.05, 3.63) is 34.5 Å². The van der Waals surface area contributed by atoms with Gasteiger partial charge in [-0.25, -0.2) is 0 Å². The summed E-state index contributed by atoms with van der Waals surface area (Å²) in [6.07, 6.45) is 4.09. The fourth-order valence-corrected chi connectivity index (χ4v) is 4.69. The minimum absolute atomic E-state index is 0. The topological polar surface area (TPSA) is 28.5 Å². The van der Waals surface area contributed by atoms with Gasteiger partial charge in [-0.15, -0.1) is 0 Å². The first-order valence-corrected chi connectivity index (χ1v) is 9.07. The lowest BCUT2D eigenvalue weighted by atomic mass is 9.97. The summed E-state index contributed by atoms with van der Waals surface area (Å²) in [7, 11) is 5.88. The van der Waals surface area contributed by atoms with Crippen LogP contribution in [0.4, 0.5) is 0 Å². The SMILES string of the molecule is C.CN(C)C(=O)CCn1c2c(c3cc(Cl)ccc31)C1CCC(C2)N1C. The van der Waals surface area contributed by atoms with E-state index in [9.17, 15) is 4.79 Å². The average Bonchev–Trinajstić information content (AvgIpc) is 2.95. The Morgan fingerprint density at radius 1 is 1.32 bits per heavy atom. The average molecular weight is 362 g/mol. The third-order valence-electron chi connectivity index (χ3n) is 5.83. The van der Waals surface area contributed by atoms with Crippen molar-refractivity contribution in [3.63, 3.8) is 0 Å². The molecule has 1 aromatic carbocycles. The van der Waals surface area contributed by atoms with Gasteiger partial charge in [-0.05, 0) is 43.7 Å². The molecule has 1 amide bonds. The standard InChI is InChI=1S/C19H24ClN3O.CH4/c1-21(2)18(24)8-9-23-15-6-4-12(20)10-14(15)19-16-7-5-13(22(16)3)11-17(19)23;/h4,6,10,13,16H,5,7-9,11H2,1-3H3;1H4. The predicted octanol–water partition coefficient (Wildman–Crippen LogP) is 4.10. The largest absolute Gasteiger partial charge is 0.349 e. The van der Waals surface area contributed by atoms with Crippen LogP contribution in [0.25, 0.3) is 10.9 Å². The van der Waals surface area contributed by atoms with Crippen LogP contribution in [0.3, 0.4) is 0 Å². The van der Waals surface area contributed by atoms with Crippen molar-refractivity contribution >= 4 is 28.4 Å². The Labute approximate surface area is 155 Å². The summed E-state index contributed by atoms with van der Waals surface area (Å²) >= 11 is 6.29. The highest BCUT2D eigenvalue weighted by atomic mass is 35.5. The Hall–Kier alpha value is -1.52. The van der Waals surface area contributed by atoms with Crippen molar-refractivity contribution < 1.29 is 4.79 Å². The molecule has 3 heterocycles. The van der Waals surface area contributed by atoms with Gasteiger partial charge in [0.15, 0.2) is 0 Å². The summed E-state index contributed by atoms with van der Waals surface area (Å²) in [5, 5.41) is 2.06. The zero-order valence-electron chi connectivity index (χ0n) is 14.6. The maximum absolute atomic E-state index is 12.1. The molecule has 0 N–H and O–H groups in total. The first-order valence-electron chi connectivity index (χ1n) is 8.70. The third kappa shape index (κ3) is 2.85. The molecule has 5 heteroatoms. The molecule has 4 rings (SSSR count). The van der Waals surface area contributed by atoms with Gasteiger partial charge in [0.2, 0.25) is 5.91 Å². The smallest absolute Gasteiger partial charge is 0.223 e. The van der Waals surface area contributed by atoms with E-state index in [4.69, 9.17) is 11.6 Å². The van der Waals surface area contributed by atoms with Crippen LogP contribution in [0.1, 0.15) is 44.0 Å². The molecule has 0 radical (unpaired) electrons. The fourth-order valence-electron chi connectivity index (χ4n) is 4.51. The molecule has 2 bridgehead atoms. The van der Waals surface area contributed by atoms with Gasteiger partial charge in [0.25, 0.3) is 0 Å². The van der Waals surface area contributed by atoms with Gasteiger partial charge in [0, 0.05) is 67.2 Å². The van der Waals surface area contributed by atoms with E-state index in [1.165, 1.54) is 35.0 Å². The van der Waals surface area contributed by atoms with Gasteiger partial charge >= 0.3 is 0 Å². The number of rotatable bonds is 3. The van der Waals surface area contributed by atoms with Crippen molar-refractivity contribution in [2.24, 2.45) is 0 Å². The van der Waals surface area contributed by atoms with E-state index in [1.54, 1.807) is 4.90 Å². The summed E-state index contributed by atoms with van der Waals surface area (Å²) in [6, 6.07) is 7.30. The van der Waals surface area contributed by atoms with E-state index in [0.29, 0.717) is 18.5 Å². The normalized spacial score (nSPS) is 21.9. The molecule has 1 saturated heterocycles. The number of amides is 1. The second-order valence-corrected chi connectivity index (χ2v) is 7.76. The number of benzene rings is 1. The monoisotopic (exact) mass is 361 g/mol. The first-order chi connectivity index (χ1) is 11.5. The molecule has 2 aliphatic heterocycles. The molecule has 0 spiro atoms. The lowest BCUT2D eigenvalue weighted by Gasteiger charge is -2.32. The van der Waals surface area contributed by atoms with E-state index >= 15 is 0 Å². The molecule has 136 valence electrons. The Morgan fingerprint density at radius 3 is 2.80 bits per heavy atom. The number of nitrogens with zero attached hydrogens (tertiary/aromatic N) is 3. The zero-order chi connectivity index (χ0) is 17.0. The third-order valence-corrected chi connectivity index (χ3v) is 6.06. The minimum atomic E-state index is 0. The Balaban J connectivity index is 0.00000182. The number of hydrogen-bond acceptors (Lipinski definition) is 2. The highest BCUT2D eigenvalue weighted by molar-refractivity contribution is 6.31. The van der Waals surface area contributed by atoms with Gasteiger partial charge < -0.3 is 9.47 Å². The molecule has 2 unspecified atom stereocenters. The lowest BCUT2D eigenvalue weighted by molar-refractivity contribution is -0.128. The van der Waals surface area contributed by atoms with E-state index < -0.39 is 0 Å². The molecule has 1 fully saturated rings. The first kappa shape index (κ1) is 18.3. The summed E-state index contributed by atoms with van der Waals surface area (Å²) in [4.78, 5) is 16.3. The molecular weight excluding hydrogens is 334 g/mol. The van der Waals surface area contributed by atoms with E-state index in [1.807, 2.05) is 20.2 Å². The molecule has 1 aromatic heterocycles. The maximum Gasteiger partial charge on any atom is 0.223 e. The molecule has 0 aliphatic carbocycles. The van der Waals surface area contributed by atoms with E-state index in [2.05, 4.69) is 28.6 Å². The number of hydrogen-bond donors (Lipinski definition) is 0. The lowest BCUT2D eigenvalue weighted by Crippen LogP contribution is -2.34. The van der Waals surface area contributed by atoms with Crippen LogP contribution in [0, 0.1) is 0 Å². The number of carbonyl (C=O) groups excluding carboxylic acids is 1. The number of aryl methyl sites for hydroxylation is 1. The summed E-state index contributed by atoms with van der Waals surface area (Å²) < 4.78 is 2.38. The molecule has 0 saturated carbocycles. The van der Waals surface area contributed by atoms with E-state index in [-0.39, 0.29) is 13.3 Å². The molecule has 25 heavy (non-hydrogen) atoms. The molecule has 2 aliphatic rings. The van der Waals surface area contributed by atoms with E-state index in [0.717, 1.165) is 18.0 Å². The molecule has 2 aromatic rings. The van der Waals surface area contributed by atoms with Crippen LogP contribution < -0.4 is 0 Å². The second kappa shape index (κ2) is 6.65. The summed E-state index contributed by atoms with van der Waals surface area (Å²) in [6.45, 7) is 0.744. The summed E-state index contributed by atoms with van der Waals surface area (Å²) in [5.74, 6) is 0.176. The maximum atomic E-state index is 12.1. The molecule has 4 nitrogen and oxygen atoms in total. The number of fused-ring (bicyclic) bond motifs is 6. The van der Waals surface area contributed by atoms with Gasteiger partial charge in [-0.1, -0.05) is 19.0 Å². The number of halogens is 1. The Kier molecular flexibility index (Phi) is 4.86. The number of aromatic nitrogens is 1. The van der Waals surface area contributed by atoms with Crippen molar-refractivity contribution in [3.8, 4) is 0 Å². The van der Waals surface area contributed by atoms with Crippen LogP contribution in [-0.2, 0) is 17.8 Å². The number of likely N-dealkylation sites (N-methyl/N-ethyl adjacent to an activating group) is 1. The van der Waals surface area contributed by atoms with Crippen LogP contribution in [0.2, 0.25) is 5.02 Å². The highest BCUT2D eigenvalue weighted by Gasteiger charge is 2.40. The van der Waals surface area contributed by atoms with Crippen LogP contribution in [0.15, 0.2) is 18.2 Å². The minimum Gasteiger partial charge on any atom is -0.349 e. The van der Waals surface area contributed by atoms with Gasteiger partial charge in [-0.2, -0.15) is 0 Å². The fraction of sp³-hybridized carbons (Fsp3) is 0.550. The Morgan fingerprint density at radius 2 is 2.08 bits per heavy atom. The van der Waals surface area contributed by atoms with Gasteiger partial charge in [-0.3, -0.25) is 9.69 Å². The molecule has 2 atom stereocenters. The van der Waals surface area contributed by atoms with Crippen LogP contribution in [-0.4, -0.2) is 47.5 Å². The van der Waals surface area contributed by atoms with Crippen molar-refractivity contribution in [1.29, 1.82) is 0 Å². The van der Waals surface area contributed by atoms with Crippen molar-refractivity contribution in [2.75, 3.05) is 21.1 Å². The van der Waals surface area contributed by atoms with Crippen molar-refractivity contribution in [1.82, 2.24) is 14.4 Å².